The summed E-state index contributed by atoms with van der Waals surface area (Å²) in [6.45, 7) is 2.28. The molecular formula is C11H15N3O. The van der Waals surface area contributed by atoms with E-state index in [1.807, 2.05) is 6.20 Å². The van der Waals surface area contributed by atoms with Crippen LogP contribution in [0.2, 0.25) is 0 Å². The Morgan fingerprint density at radius 3 is 2.73 bits per heavy atom. The molecule has 3 aliphatic heterocycles. The third-order valence-electron chi connectivity index (χ3n) is 2.98. The monoisotopic (exact) mass is 205 g/mol. The van der Waals surface area contributed by atoms with E-state index in [9.17, 15) is 0 Å². The van der Waals surface area contributed by atoms with Crippen molar-refractivity contribution in [3.05, 3.63) is 36.9 Å². The lowest BCUT2D eigenvalue weighted by Gasteiger charge is -2.36. The van der Waals surface area contributed by atoms with E-state index in [2.05, 4.69) is 27.3 Å². The summed E-state index contributed by atoms with van der Waals surface area (Å²) in [5, 5.41) is 4.55. The van der Waals surface area contributed by atoms with Crippen LogP contribution in [0.1, 0.15) is 19.3 Å². The van der Waals surface area contributed by atoms with Crippen molar-refractivity contribution in [3.8, 4) is 0 Å². The molecule has 0 N–H and O–H groups in total. The Morgan fingerprint density at radius 1 is 1.00 bits per heavy atom. The van der Waals surface area contributed by atoms with Crippen molar-refractivity contribution < 1.29 is 4.74 Å². The smallest absolute Gasteiger partial charge is 0.167 e. The number of piperidine rings is 1. The van der Waals surface area contributed by atoms with Crippen molar-refractivity contribution in [3.63, 3.8) is 0 Å². The van der Waals surface area contributed by atoms with Gasteiger partial charge < -0.3 is 9.64 Å². The van der Waals surface area contributed by atoms with Crippen molar-refractivity contribution in [2.45, 2.75) is 19.3 Å². The lowest BCUT2D eigenvalue weighted by Crippen LogP contribution is -2.42. The summed E-state index contributed by atoms with van der Waals surface area (Å²) in [5.74, 6) is 1.08. The van der Waals surface area contributed by atoms with Crippen LogP contribution in [-0.4, -0.2) is 28.0 Å². The van der Waals surface area contributed by atoms with E-state index in [4.69, 9.17) is 4.74 Å². The van der Waals surface area contributed by atoms with Crippen LogP contribution in [0.25, 0.3) is 0 Å². The SMILES string of the molecule is C1=CN2C=CN(N3CCCCC3)C2=CO1. The zero-order chi connectivity index (χ0) is 10.1. The molecule has 1 fully saturated rings. The van der Waals surface area contributed by atoms with E-state index in [1.54, 1.807) is 12.5 Å². The quantitative estimate of drug-likeness (QED) is 0.649. The van der Waals surface area contributed by atoms with E-state index >= 15 is 0 Å². The lowest BCUT2D eigenvalue weighted by molar-refractivity contribution is 0.0239. The molecule has 0 atom stereocenters. The van der Waals surface area contributed by atoms with Gasteiger partial charge in [-0.25, -0.2) is 5.01 Å². The van der Waals surface area contributed by atoms with Crippen molar-refractivity contribution in [1.29, 1.82) is 0 Å². The molecule has 0 amide bonds. The Labute approximate surface area is 89.7 Å². The topological polar surface area (TPSA) is 19.0 Å². The highest BCUT2D eigenvalue weighted by molar-refractivity contribution is 5.17. The van der Waals surface area contributed by atoms with Crippen LogP contribution in [0.15, 0.2) is 36.9 Å². The van der Waals surface area contributed by atoms with E-state index in [0.29, 0.717) is 0 Å². The fourth-order valence-electron chi connectivity index (χ4n) is 2.18. The highest BCUT2D eigenvalue weighted by Crippen LogP contribution is 2.26. The number of hydrogen-bond donors (Lipinski definition) is 0. The number of rotatable bonds is 1. The third-order valence-corrected chi connectivity index (χ3v) is 2.98. The van der Waals surface area contributed by atoms with Crippen LogP contribution in [0.5, 0.6) is 0 Å². The van der Waals surface area contributed by atoms with Crippen LogP contribution in [0, 0.1) is 0 Å². The number of fused-ring (bicyclic) bond motifs is 1. The molecule has 0 aromatic rings. The van der Waals surface area contributed by atoms with Gasteiger partial charge in [-0.2, -0.15) is 0 Å². The molecule has 3 aliphatic rings. The highest BCUT2D eigenvalue weighted by Gasteiger charge is 2.26. The van der Waals surface area contributed by atoms with Gasteiger partial charge in [0.05, 0.1) is 0 Å². The molecule has 3 rings (SSSR count). The first-order valence-corrected chi connectivity index (χ1v) is 5.48. The van der Waals surface area contributed by atoms with Crippen LogP contribution in [-0.2, 0) is 4.74 Å². The van der Waals surface area contributed by atoms with Crippen molar-refractivity contribution >= 4 is 0 Å². The van der Waals surface area contributed by atoms with Gasteiger partial charge in [-0.3, -0.25) is 5.01 Å². The van der Waals surface area contributed by atoms with Gasteiger partial charge in [0.15, 0.2) is 5.82 Å². The second-order valence-corrected chi connectivity index (χ2v) is 3.96. The largest absolute Gasteiger partial charge is 0.467 e. The Kier molecular flexibility index (Phi) is 2.14. The van der Waals surface area contributed by atoms with Crippen molar-refractivity contribution in [1.82, 2.24) is 14.9 Å². The molecular weight excluding hydrogens is 190 g/mol. The minimum atomic E-state index is 1.08. The lowest BCUT2D eigenvalue weighted by atomic mass is 10.2. The number of nitrogens with zero attached hydrogens (tertiary/aromatic N) is 3. The number of hydrazine groups is 1. The van der Waals surface area contributed by atoms with Crippen molar-refractivity contribution in [2.75, 3.05) is 13.1 Å². The summed E-state index contributed by atoms with van der Waals surface area (Å²) >= 11 is 0. The molecule has 80 valence electrons. The van der Waals surface area contributed by atoms with Gasteiger partial charge in [0, 0.05) is 31.7 Å². The van der Waals surface area contributed by atoms with Gasteiger partial charge in [0.1, 0.15) is 12.5 Å². The van der Waals surface area contributed by atoms with Gasteiger partial charge >= 0.3 is 0 Å². The minimum Gasteiger partial charge on any atom is -0.467 e. The van der Waals surface area contributed by atoms with Crippen LogP contribution < -0.4 is 0 Å². The first kappa shape index (κ1) is 8.85. The third kappa shape index (κ3) is 1.51. The Hall–Kier alpha value is -1.42. The summed E-state index contributed by atoms with van der Waals surface area (Å²) in [6, 6.07) is 0. The maximum absolute atomic E-state index is 5.21. The average molecular weight is 205 g/mol. The summed E-state index contributed by atoms with van der Waals surface area (Å²) in [5.41, 5.74) is 0. The van der Waals surface area contributed by atoms with Crippen LogP contribution in [0.3, 0.4) is 0 Å². The fourth-order valence-corrected chi connectivity index (χ4v) is 2.18. The minimum absolute atomic E-state index is 1.08. The summed E-state index contributed by atoms with van der Waals surface area (Å²) in [6.07, 6.45) is 13.5. The van der Waals surface area contributed by atoms with Crippen LogP contribution >= 0.6 is 0 Å². The van der Waals surface area contributed by atoms with Gasteiger partial charge in [-0.15, -0.1) is 0 Å². The first-order chi connectivity index (χ1) is 7.45. The molecule has 0 saturated carbocycles. The average Bonchev–Trinajstić information content (AvgIpc) is 2.74. The molecule has 4 heteroatoms. The Bertz CT molecular complexity index is 329. The Morgan fingerprint density at radius 2 is 1.87 bits per heavy atom. The predicted molar refractivity (Wildman–Crippen MR) is 56.6 cm³/mol. The summed E-state index contributed by atoms with van der Waals surface area (Å²) in [4.78, 5) is 2.07. The molecule has 3 heterocycles. The summed E-state index contributed by atoms with van der Waals surface area (Å²) < 4.78 is 5.21. The van der Waals surface area contributed by atoms with Crippen LogP contribution in [0.4, 0.5) is 0 Å². The maximum atomic E-state index is 5.21. The molecule has 0 aliphatic carbocycles. The molecule has 4 nitrogen and oxygen atoms in total. The molecule has 0 spiro atoms. The number of ether oxygens (including phenoxy) is 1. The standard InChI is InChI=1S/C11H15N3O/c1-2-4-13(5-3-1)14-7-6-12-8-9-15-10-11(12)14/h6-10H,1-5H2. The first-order valence-electron chi connectivity index (χ1n) is 5.48. The van der Waals surface area contributed by atoms with Gasteiger partial charge in [0.25, 0.3) is 0 Å². The predicted octanol–water partition coefficient (Wildman–Crippen LogP) is 1.78. The second kappa shape index (κ2) is 3.62. The summed E-state index contributed by atoms with van der Waals surface area (Å²) in [7, 11) is 0. The van der Waals surface area contributed by atoms with E-state index < -0.39 is 0 Å². The van der Waals surface area contributed by atoms with Gasteiger partial charge in [-0.05, 0) is 12.8 Å². The fraction of sp³-hybridized carbons (Fsp3) is 0.455. The van der Waals surface area contributed by atoms with Gasteiger partial charge in [-0.1, -0.05) is 6.42 Å². The number of hydrogen-bond acceptors (Lipinski definition) is 4. The maximum Gasteiger partial charge on any atom is 0.167 e. The molecule has 0 bridgehead atoms. The zero-order valence-electron chi connectivity index (χ0n) is 8.67. The molecule has 0 radical (unpaired) electrons. The molecule has 0 unspecified atom stereocenters. The molecule has 15 heavy (non-hydrogen) atoms. The molecule has 0 aromatic carbocycles. The zero-order valence-corrected chi connectivity index (χ0v) is 8.67. The molecule has 1 saturated heterocycles. The van der Waals surface area contributed by atoms with E-state index in [0.717, 1.165) is 18.9 Å². The Balaban J connectivity index is 1.76. The normalized spacial score (nSPS) is 25.2. The van der Waals surface area contributed by atoms with Gasteiger partial charge in [0.2, 0.25) is 0 Å². The second-order valence-electron chi connectivity index (χ2n) is 3.96. The van der Waals surface area contributed by atoms with Crippen molar-refractivity contribution in [2.24, 2.45) is 0 Å². The molecule has 0 aromatic heterocycles. The van der Waals surface area contributed by atoms with E-state index in [1.165, 1.54) is 19.3 Å². The van der Waals surface area contributed by atoms with E-state index in [-0.39, 0.29) is 0 Å². The highest BCUT2D eigenvalue weighted by atomic mass is 16.5.